The van der Waals surface area contributed by atoms with Crippen molar-refractivity contribution in [3.8, 4) is 5.75 Å². The summed E-state index contributed by atoms with van der Waals surface area (Å²) in [5.41, 5.74) is 1.23. The smallest absolute Gasteiger partial charge is 0.422 e. The lowest BCUT2D eigenvalue weighted by Crippen LogP contribution is -2.35. The van der Waals surface area contributed by atoms with E-state index < -0.39 is 12.8 Å². The number of rotatable bonds is 4. The molecule has 6 heteroatoms. The highest BCUT2D eigenvalue weighted by Crippen LogP contribution is 2.34. The highest BCUT2D eigenvalue weighted by molar-refractivity contribution is 7.99. The first-order valence-corrected chi connectivity index (χ1v) is 8.03. The maximum absolute atomic E-state index is 12.1. The quantitative estimate of drug-likeness (QED) is 0.878. The lowest BCUT2D eigenvalue weighted by atomic mass is 9.88. The molecule has 1 saturated heterocycles. The van der Waals surface area contributed by atoms with Crippen LogP contribution in [0.15, 0.2) is 24.3 Å². The summed E-state index contributed by atoms with van der Waals surface area (Å²) in [7, 11) is 0. The summed E-state index contributed by atoms with van der Waals surface area (Å²) in [6.45, 7) is 3.25. The predicted molar refractivity (Wildman–Crippen MR) is 81.1 cm³/mol. The molecule has 1 heterocycles. The Bertz CT molecular complexity index is 459. The van der Waals surface area contributed by atoms with Crippen molar-refractivity contribution < 1.29 is 17.9 Å². The summed E-state index contributed by atoms with van der Waals surface area (Å²) in [6.07, 6.45) is -3.21. The van der Waals surface area contributed by atoms with Crippen molar-refractivity contribution in [3.05, 3.63) is 24.3 Å². The summed E-state index contributed by atoms with van der Waals surface area (Å²) >= 11 is 1.93. The van der Waals surface area contributed by atoms with Crippen LogP contribution in [0.2, 0.25) is 0 Å². The maximum Gasteiger partial charge on any atom is 0.422 e. The molecule has 0 amide bonds. The fourth-order valence-corrected chi connectivity index (χ4v) is 3.68. The van der Waals surface area contributed by atoms with Gasteiger partial charge in [-0.25, -0.2) is 0 Å². The molecule has 1 aromatic rings. The Morgan fingerprint density at radius 1 is 1.29 bits per heavy atom. The molecular formula is C15H20F3NOS. The number of hydrogen-bond donors (Lipinski definition) is 1. The molecule has 0 aromatic heterocycles. The third-order valence-electron chi connectivity index (χ3n) is 3.24. The summed E-state index contributed by atoms with van der Waals surface area (Å²) in [6, 6.07) is 7.04. The Balaban J connectivity index is 1.87. The standard InChI is InChI=1S/C15H20F3NOS/c1-14(2)7-12(8-21-10-14)19-11-3-5-13(6-4-11)20-9-15(16,17)18/h3-6,12,19H,7-10H2,1-2H3. The van der Waals surface area contributed by atoms with E-state index in [-0.39, 0.29) is 5.75 Å². The Hall–Kier alpha value is -1.04. The van der Waals surface area contributed by atoms with Gasteiger partial charge in [-0.15, -0.1) is 0 Å². The van der Waals surface area contributed by atoms with Gasteiger partial charge >= 0.3 is 6.18 Å². The zero-order valence-electron chi connectivity index (χ0n) is 12.2. The molecule has 1 atom stereocenters. The lowest BCUT2D eigenvalue weighted by molar-refractivity contribution is -0.153. The summed E-state index contributed by atoms with van der Waals surface area (Å²) in [5.74, 6) is 2.45. The fraction of sp³-hybridized carbons (Fsp3) is 0.600. The first-order chi connectivity index (χ1) is 9.73. The minimum atomic E-state index is -4.30. The molecule has 0 aliphatic carbocycles. The minimum absolute atomic E-state index is 0.233. The van der Waals surface area contributed by atoms with Crippen molar-refractivity contribution >= 4 is 17.4 Å². The van der Waals surface area contributed by atoms with Crippen LogP contribution in [0.3, 0.4) is 0 Å². The third-order valence-corrected chi connectivity index (χ3v) is 4.86. The molecule has 1 aliphatic rings. The van der Waals surface area contributed by atoms with E-state index in [1.807, 2.05) is 11.8 Å². The van der Waals surface area contributed by atoms with Gasteiger partial charge in [0.05, 0.1) is 0 Å². The zero-order valence-corrected chi connectivity index (χ0v) is 13.0. The van der Waals surface area contributed by atoms with E-state index in [1.54, 1.807) is 24.3 Å². The number of thioether (sulfide) groups is 1. The minimum Gasteiger partial charge on any atom is -0.484 e. The van der Waals surface area contributed by atoms with Crippen LogP contribution >= 0.6 is 11.8 Å². The van der Waals surface area contributed by atoms with Gasteiger partial charge < -0.3 is 10.1 Å². The van der Waals surface area contributed by atoms with Gasteiger partial charge in [-0.05, 0) is 41.9 Å². The van der Waals surface area contributed by atoms with Crippen molar-refractivity contribution in [1.29, 1.82) is 0 Å². The zero-order chi connectivity index (χ0) is 15.5. The van der Waals surface area contributed by atoms with Crippen molar-refractivity contribution in [3.63, 3.8) is 0 Å². The summed E-state index contributed by atoms with van der Waals surface area (Å²) in [4.78, 5) is 0. The second kappa shape index (κ2) is 6.38. The van der Waals surface area contributed by atoms with Crippen LogP contribution in [-0.4, -0.2) is 30.3 Å². The molecule has 2 rings (SSSR count). The summed E-state index contributed by atoms with van der Waals surface area (Å²) < 4.78 is 40.9. The SMILES string of the molecule is CC1(C)CSCC(Nc2ccc(OCC(F)(F)F)cc2)C1. The van der Waals surface area contributed by atoms with Crippen LogP contribution in [0.1, 0.15) is 20.3 Å². The molecule has 21 heavy (non-hydrogen) atoms. The van der Waals surface area contributed by atoms with E-state index in [9.17, 15) is 13.2 Å². The number of benzene rings is 1. The van der Waals surface area contributed by atoms with E-state index in [4.69, 9.17) is 4.74 Å². The van der Waals surface area contributed by atoms with E-state index in [2.05, 4.69) is 19.2 Å². The van der Waals surface area contributed by atoms with Crippen LogP contribution in [-0.2, 0) is 0 Å². The molecular weight excluding hydrogens is 299 g/mol. The topological polar surface area (TPSA) is 21.3 Å². The molecule has 118 valence electrons. The second-order valence-corrected chi connectivity index (χ2v) is 7.18. The lowest BCUT2D eigenvalue weighted by Gasteiger charge is -2.35. The molecule has 1 unspecified atom stereocenters. The van der Waals surface area contributed by atoms with Gasteiger partial charge in [-0.1, -0.05) is 13.8 Å². The van der Waals surface area contributed by atoms with Crippen molar-refractivity contribution in [2.75, 3.05) is 23.4 Å². The number of hydrogen-bond acceptors (Lipinski definition) is 3. The first kappa shape index (κ1) is 16.3. The average molecular weight is 319 g/mol. The van der Waals surface area contributed by atoms with E-state index in [1.165, 1.54) is 0 Å². The van der Waals surface area contributed by atoms with E-state index >= 15 is 0 Å². The summed E-state index contributed by atoms with van der Waals surface area (Å²) in [5, 5.41) is 3.44. The van der Waals surface area contributed by atoms with Crippen LogP contribution in [0, 0.1) is 5.41 Å². The highest BCUT2D eigenvalue weighted by Gasteiger charge is 2.29. The third kappa shape index (κ3) is 5.69. The van der Waals surface area contributed by atoms with Crippen molar-refractivity contribution in [2.24, 2.45) is 5.41 Å². The Labute approximate surface area is 127 Å². The molecule has 1 fully saturated rings. The normalized spacial score (nSPS) is 21.9. The molecule has 1 aromatic carbocycles. The fourth-order valence-electron chi connectivity index (χ4n) is 2.40. The van der Waals surface area contributed by atoms with Crippen molar-refractivity contribution in [1.82, 2.24) is 0 Å². The van der Waals surface area contributed by atoms with Crippen LogP contribution in [0.25, 0.3) is 0 Å². The number of halogens is 3. The van der Waals surface area contributed by atoms with Gasteiger partial charge in [0, 0.05) is 17.5 Å². The Morgan fingerprint density at radius 2 is 1.95 bits per heavy atom. The number of nitrogens with one attached hydrogen (secondary N) is 1. The largest absolute Gasteiger partial charge is 0.484 e. The Kier molecular flexibility index (Phi) is 4.96. The molecule has 0 bridgehead atoms. The monoisotopic (exact) mass is 319 g/mol. The number of ether oxygens (including phenoxy) is 1. The van der Waals surface area contributed by atoms with E-state index in [0.29, 0.717) is 11.5 Å². The van der Waals surface area contributed by atoms with Crippen LogP contribution in [0.4, 0.5) is 18.9 Å². The van der Waals surface area contributed by atoms with Gasteiger partial charge in [0.25, 0.3) is 0 Å². The molecule has 1 aliphatic heterocycles. The van der Waals surface area contributed by atoms with E-state index in [0.717, 1.165) is 23.6 Å². The first-order valence-electron chi connectivity index (χ1n) is 6.87. The van der Waals surface area contributed by atoms with Gasteiger partial charge in [-0.2, -0.15) is 24.9 Å². The van der Waals surface area contributed by atoms with Crippen molar-refractivity contribution in [2.45, 2.75) is 32.5 Å². The number of anilines is 1. The highest BCUT2D eigenvalue weighted by atomic mass is 32.2. The van der Waals surface area contributed by atoms with Gasteiger partial charge in [0.15, 0.2) is 6.61 Å². The maximum atomic E-state index is 12.1. The second-order valence-electron chi connectivity index (χ2n) is 6.15. The molecule has 0 saturated carbocycles. The predicted octanol–water partition coefficient (Wildman–Crippen LogP) is 4.57. The van der Waals surface area contributed by atoms with Crippen LogP contribution < -0.4 is 10.1 Å². The molecule has 0 radical (unpaired) electrons. The average Bonchev–Trinajstić information content (AvgIpc) is 2.36. The molecule has 0 spiro atoms. The number of alkyl halides is 3. The molecule has 1 N–H and O–H groups in total. The molecule has 2 nitrogen and oxygen atoms in total. The van der Waals surface area contributed by atoms with Gasteiger partial charge in [0.1, 0.15) is 5.75 Å². The van der Waals surface area contributed by atoms with Gasteiger partial charge in [-0.3, -0.25) is 0 Å². The van der Waals surface area contributed by atoms with Crippen LogP contribution in [0.5, 0.6) is 5.75 Å². The van der Waals surface area contributed by atoms with Gasteiger partial charge in [0.2, 0.25) is 0 Å². The Morgan fingerprint density at radius 3 is 2.52 bits per heavy atom.